The van der Waals surface area contributed by atoms with Crippen LogP contribution < -0.4 is 5.14 Å². The van der Waals surface area contributed by atoms with Gasteiger partial charge in [-0.05, 0) is 32.3 Å². The van der Waals surface area contributed by atoms with Crippen molar-refractivity contribution in [1.82, 2.24) is 0 Å². The van der Waals surface area contributed by atoms with Crippen molar-refractivity contribution in [1.29, 1.82) is 0 Å². The van der Waals surface area contributed by atoms with Crippen LogP contribution in [0.5, 0.6) is 0 Å². The van der Waals surface area contributed by atoms with Gasteiger partial charge in [-0.25, -0.2) is 13.6 Å². The molecule has 1 rings (SSSR count). The monoisotopic (exact) mass is 227 g/mol. The second kappa shape index (κ2) is 4.77. The fraction of sp³-hybridized carbons (Fsp3) is 0.455. The molecule has 0 aliphatic rings. The van der Waals surface area contributed by atoms with Crippen molar-refractivity contribution in [2.75, 3.05) is 5.75 Å². The number of primary sulfonamides is 1. The molecule has 3 nitrogen and oxygen atoms in total. The molecule has 15 heavy (non-hydrogen) atoms. The van der Waals surface area contributed by atoms with Crippen LogP contribution in [0, 0.1) is 13.8 Å². The highest BCUT2D eigenvalue weighted by molar-refractivity contribution is 7.89. The van der Waals surface area contributed by atoms with Gasteiger partial charge < -0.3 is 0 Å². The zero-order valence-electron chi connectivity index (χ0n) is 9.16. The Balaban J connectivity index is 2.58. The van der Waals surface area contributed by atoms with Crippen molar-refractivity contribution in [3.63, 3.8) is 0 Å². The smallest absolute Gasteiger partial charge is 0.209 e. The summed E-state index contributed by atoms with van der Waals surface area (Å²) in [6.45, 7) is 4.08. The molecule has 0 radical (unpaired) electrons. The second-order valence-electron chi connectivity index (χ2n) is 3.97. The first-order valence-corrected chi connectivity index (χ1v) is 6.66. The van der Waals surface area contributed by atoms with Crippen molar-refractivity contribution in [3.8, 4) is 0 Å². The molecule has 0 bridgehead atoms. The zero-order chi connectivity index (χ0) is 11.5. The Morgan fingerprint density at radius 1 is 1.13 bits per heavy atom. The molecule has 1 aromatic rings. The van der Waals surface area contributed by atoms with Gasteiger partial charge in [0.2, 0.25) is 10.0 Å². The molecule has 0 atom stereocenters. The third-order valence-electron chi connectivity index (χ3n) is 2.18. The normalized spacial score (nSPS) is 11.7. The van der Waals surface area contributed by atoms with E-state index in [2.05, 4.69) is 18.2 Å². The maximum Gasteiger partial charge on any atom is 0.209 e. The first-order valence-electron chi connectivity index (χ1n) is 4.94. The molecule has 0 heterocycles. The van der Waals surface area contributed by atoms with Crippen LogP contribution in [0.3, 0.4) is 0 Å². The van der Waals surface area contributed by atoms with Crippen LogP contribution in [0.15, 0.2) is 18.2 Å². The summed E-state index contributed by atoms with van der Waals surface area (Å²) in [6, 6.07) is 6.26. The Kier molecular flexibility index (Phi) is 3.88. The van der Waals surface area contributed by atoms with Crippen molar-refractivity contribution in [3.05, 3.63) is 34.9 Å². The van der Waals surface area contributed by atoms with Gasteiger partial charge in [-0.15, -0.1) is 0 Å². The average Bonchev–Trinajstić information content (AvgIpc) is 1.99. The van der Waals surface area contributed by atoms with Crippen LogP contribution in [0.1, 0.15) is 23.1 Å². The van der Waals surface area contributed by atoms with Gasteiger partial charge in [0.05, 0.1) is 5.75 Å². The fourth-order valence-electron chi connectivity index (χ4n) is 1.69. The largest absolute Gasteiger partial charge is 0.229 e. The van der Waals surface area contributed by atoms with Gasteiger partial charge in [0.1, 0.15) is 0 Å². The molecule has 2 N–H and O–H groups in total. The van der Waals surface area contributed by atoms with E-state index < -0.39 is 10.0 Å². The van der Waals surface area contributed by atoms with Gasteiger partial charge in [0.15, 0.2) is 0 Å². The average molecular weight is 227 g/mol. The fourth-order valence-corrected chi connectivity index (χ4v) is 2.24. The van der Waals surface area contributed by atoms with Crippen molar-refractivity contribution in [2.24, 2.45) is 5.14 Å². The number of benzene rings is 1. The summed E-state index contributed by atoms with van der Waals surface area (Å²) in [4.78, 5) is 0. The van der Waals surface area contributed by atoms with Gasteiger partial charge in [-0.2, -0.15) is 0 Å². The quantitative estimate of drug-likeness (QED) is 0.848. The van der Waals surface area contributed by atoms with E-state index in [1.165, 1.54) is 16.7 Å². The minimum atomic E-state index is -3.31. The predicted molar refractivity (Wildman–Crippen MR) is 62.2 cm³/mol. The number of nitrogens with two attached hydrogens (primary N) is 1. The Morgan fingerprint density at radius 2 is 1.67 bits per heavy atom. The molecule has 0 aromatic heterocycles. The molecule has 0 aliphatic heterocycles. The topological polar surface area (TPSA) is 60.2 Å². The summed E-state index contributed by atoms with van der Waals surface area (Å²) in [7, 11) is -3.31. The van der Waals surface area contributed by atoms with E-state index in [1.807, 2.05) is 13.8 Å². The standard InChI is InChI=1S/C11H17NO2S/c1-9-6-10(2)8-11(7-9)4-3-5-15(12,13)14/h6-8H,3-5H2,1-2H3,(H2,12,13,14). The second-order valence-corrected chi connectivity index (χ2v) is 5.70. The predicted octanol–water partition coefficient (Wildman–Crippen LogP) is 1.52. The molecule has 0 aliphatic carbocycles. The Bertz CT molecular complexity index is 418. The summed E-state index contributed by atoms with van der Waals surface area (Å²) in [6.07, 6.45) is 1.35. The summed E-state index contributed by atoms with van der Waals surface area (Å²) in [5.74, 6) is 0.0555. The molecule has 0 fully saturated rings. The zero-order valence-corrected chi connectivity index (χ0v) is 9.97. The minimum Gasteiger partial charge on any atom is -0.229 e. The Hall–Kier alpha value is -0.870. The molecular weight excluding hydrogens is 210 g/mol. The summed E-state index contributed by atoms with van der Waals surface area (Å²) < 4.78 is 21.5. The molecule has 0 saturated carbocycles. The van der Waals surface area contributed by atoms with Crippen LogP contribution in [-0.2, 0) is 16.4 Å². The molecule has 4 heteroatoms. The lowest BCUT2D eigenvalue weighted by molar-refractivity contribution is 0.595. The van der Waals surface area contributed by atoms with Crippen molar-refractivity contribution in [2.45, 2.75) is 26.7 Å². The number of aryl methyl sites for hydroxylation is 3. The van der Waals surface area contributed by atoms with E-state index in [0.717, 1.165) is 6.42 Å². The number of sulfonamides is 1. The van der Waals surface area contributed by atoms with Crippen molar-refractivity contribution >= 4 is 10.0 Å². The molecule has 84 valence electrons. The van der Waals surface area contributed by atoms with Gasteiger partial charge in [-0.1, -0.05) is 29.3 Å². The first kappa shape index (κ1) is 12.2. The van der Waals surface area contributed by atoms with Gasteiger partial charge in [-0.3, -0.25) is 0 Å². The van der Waals surface area contributed by atoms with Gasteiger partial charge >= 0.3 is 0 Å². The minimum absolute atomic E-state index is 0.0555. The third-order valence-corrected chi connectivity index (χ3v) is 3.03. The molecule has 0 unspecified atom stereocenters. The number of hydrogen-bond acceptors (Lipinski definition) is 2. The van der Waals surface area contributed by atoms with E-state index in [4.69, 9.17) is 5.14 Å². The summed E-state index contributed by atoms with van der Waals surface area (Å²) in [5, 5.41) is 4.93. The lowest BCUT2D eigenvalue weighted by Crippen LogP contribution is -2.16. The molecule has 0 spiro atoms. The van der Waals surface area contributed by atoms with Crippen LogP contribution in [-0.4, -0.2) is 14.2 Å². The SMILES string of the molecule is Cc1cc(C)cc(CCCS(N)(=O)=O)c1. The maximum absolute atomic E-state index is 10.7. The molecule has 1 aromatic carbocycles. The maximum atomic E-state index is 10.7. The van der Waals surface area contributed by atoms with Crippen LogP contribution in [0.25, 0.3) is 0 Å². The van der Waals surface area contributed by atoms with Crippen LogP contribution in [0.2, 0.25) is 0 Å². The number of rotatable bonds is 4. The van der Waals surface area contributed by atoms with Gasteiger partial charge in [0.25, 0.3) is 0 Å². The van der Waals surface area contributed by atoms with Crippen LogP contribution >= 0.6 is 0 Å². The lowest BCUT2D eigenvalue weighted by Gasteiger charge is -2.04. The van der Waals surface area contributed by atoms with Crippen molar-refractivity contribution < 1.29 is 8.42 Å². The van der Waals surface area contributed by atoms with E-state index in [-0.39, 0.29) is 5.75 Å². The molecule has 0 amide bonds. The van der Waals surface area contributed by atoms with E-state index in [0.29, 0.717) is 6.42 Å². The van der Waals surface area contributed by atoms with E-state index in [9.17, 15) is 8.42 Å². The summed E-state index contributed by atoms with van der Waals surface area (Å²) in [5.41, 5.74) is 3.59. The van der Waals surface area contributed by atoms with E-state index >= 15 is 0 Å². The highest BCUT2D eigenvalue weighted by Crippen LogP contribution is 2.10. The number of hydrogen-bond donors (Lipinski definition) is 1. The highest BCUT2D eigenvalue weighted by Gasteiger charge is 2.03. The lowest BCUT2D eigenvalue weighted by atomic mass is 10.0. The van der Waals surface area contributed by atoms with Gasteiger partial charge in [0, 0.05) is 0 Å². The van der Waals surface area contributed by atoms with Crippen LogP contribution in [0.4, 0.5) is 0 Å². The first-order chi connectivity index (χ1) is 6.87. The third kappa shape index (κ3) is 4.95. The Morgan fingerprint density at radius 3 is 2.13 bits per heavy atom. The Labute approximate surface area is 91.4 Å². The molecular formula is C11H17NO2S. The molecule has 0 saturated heterocycles. The van der Waals surface area contributed by atoms with E-state index in [1.54, 1.807) is 0 Å². The highest BCUT2D eigenvalue weighted by atomic mass is 32.2. The summed E-state index contributed by atoms with van der Waals surface area (Å²) >= 11 is 0.